The van der Waals surface area contributed by atoms with Gasteiger partial charge in [-0.1, -0.05) is 6.07 Å². The third-order valence-corrected chi connectivity index (χ3v) is 1.69. The van der Waals surface area contributed by atoms with Gasteiger partial charge in [0.05, 0.1) is 6.10 Å². The summed E-state index contributed by atoms with van der Waals surface area (Å²) in [5.41, 5.74) is 2.36. The molecule has 1 rings (SSSR count). The Balaban J connectivity index is 2.66. The van der Waals surface area contributed by atoms with Crippen molar-refractivity contribution in [3.05, 3.63) is 29.3 Å². The fourth-order valence-corrected chi connectivity index (χ4v) is 1.23. The highest BCUT2D eigenvalue weighted by atomic mass is 16.5. The molecule has 1 atom stereocenters. The molecule has 0 aliphatic rings. The minimum Gasteiger partial charge on any atom is -0.491 e. The summed E-state index contributed by atoms with van der Waals surface area (Å²) in [6, 6.07) is 6.03. The van der Waals surface area contributed by atoms with Crippen molar-refractivity contribution in [3.63, 3.8) is 0 Å². The number of aliphatic hydroxyl groups excluding tert-OH is 1. The molecule has 0 heterocycles. The summed E-state index contributed by atoms with van der Waals surface area (Å²) in [5, 5.41) is 9.03. The van der Waals surface area contributed by atoms with Crippen molar-refractivity contribution in [2.75, 3.05) is 6.61 Å². The molecule has 1 N–H and O–H groups in total. The molecule has 13 heavy (non-hydrogen) atoms. The second-order valence-corrected chi connectivity index (χ2v) is 3.48. The predicted molar refractivity (Wildman–Crippen MR) is 53.1 cm³/mol. The van der Waals surface area contributed by atoms with Crippen LogP contribution in [0.4, 0.5) is 0 Å². The Hall–Kier alpha value is -1.02. The average Bonchev–Trinajstić information content (AvgIpc) is 1.99. The van der Waals surface area contributed by atoms with Crippen LogP contribution >= 0.6 is 0 Å². The minimum absolute atomic E-state index is 0.350. The summed E-state index contributed by atoms with van der Waals surface area (Å²) in [5.74, 6) is 0.832. The fourth-order valence-electron chi connectivity index (χ4n) is 1.23. The maximum atomic E-state index is 9.03. The van der Waals surface area contributed by atoms with E-state index in [1.54, 1.807) is 6.92 Å². The molecule has 1 aromatic rings. The van der Waals surface area contributed by atoms with Crippen LogP contribution in [0.1, 0.15) is 18.1 Å². The molecule has 0 spiro atoms. The number of ether oxygens (including phenoxy) is 1. The van der Waals surface area contributed by atoms with Crippen LogP contribution in [-0.2, 0) is 0 Å². The van der Waals surface area contributed by atoms with Gasteiger partial charge in [-0.25, -0.2) is 0 Å². The largest absolute Gasteiger partial charge is 0.491 e. The van der Waals surface area contributed by atoms with E-state index in [0.717, 1.165) is 5.75 Å². The van der Waals surface area contributed by atoms with Gasteiger partial charge in [0.2, 0.25) is 0 Å². The molecule has 72 valence electrons. The molecule has 0 aliphatic heterocycles. The van der Waals surface area contributed by atoms with Gasteiger partial charge in [0.25, 0.3) is 0 Å². The number of aryl methyl sites for hydroxylation is 2. The lowest BCUT2D eigenvalue weighted by atomic mass is 10.1. The summed E-state index contributed by atoms with van der Waals surface area (Å²) in [7, 11) is 0. The number of hydrogen-bond donors (Lipinski definition) is 1. The van der Waals surface area contributed by atoms with E-state index in [1.807, 2.05) is 26.0 Å². The number of benzene rings is 1. The first-order chi connectivity index (χ1) is 6.08. The van der Waals surface area contributed by atoms with Crippen LogP contribution in [0.2, 0.25) is 0 Å². The van der Waals surface area contributed by atoms with E-state index in [2.05, 4.69) is 6.07 Å². The lowest BCUT2D eigenvalue weighted by molar-refractivity contribution is 0.122. The zero-order valence-electron chi connectivity index (χ0n) is 8.37. The standard InChI is InChI=1S/C11H16O2/c1-8-4-9(2)6-11(5-8)13-7-10(3)12/h4-6,10,12H,7H2,1-3H3/t10-/m0/s1. The van der Waals surface area contributed by atoms with Gasteiger partial charge >= 0.3 is 0 Å². The molecular weight excluding hydrogens is 164 g/mol. The van der Waals surface area contributed by atoms with Gasteiger partial charge in [-0.2, -0.15) is 0 Å². The van der Waals surface area contributed by atoms with Crippen molar-refractivity contribution >= 4 is 0 Å². The van der Waals surface area contributed by atoms with E-state index in [9.17, 15) is 0 Å². The van der Waals surface area contributed by atoms with Gasteiger partial charge in [-0.3, -0.25) is 0 Å². The van der Waals surface area contributed by atoms with E-state index in [0.29, 0.717) is 6.61 Å². The Morgan fingerprint density at radius 2 is 1.77 bits per heavy atom. The maximum Gasteiger partial charge on any atom is 0.119 e. The zero-order valence-corrected chi connectivity index (χ0v) is 8.37. The van der Waals surface area contributed by atoms with Gasteiger partial charge in [-0.15, -0.1) is 0 Å². The molecule has 2 nitrogen and oxygen atoms in total. The smallest absolute Gasteiger partial charge is 0.119 e. The van der Waals surface area contributed by atoms with Crippen molar-refractivity contribution in [1.82, 2.24) is 0 Å². The van der Waals surface area contributed by atoms with Crippen molar-refractivity contribution in [2.45, 2.75) is 26.9 Å². The first-order valence-corrected chi connectivity index (χ1v) is 4.47. The van der Waals surface area contributed by atoms with Gasteiger partial charge in [0.15, 0.2) is 0 Å². The molecule has 0 bridgehead atoms. The van der Waals surface area contributed by atoms with Crippen LogP contribution < -0.4 is 4.74 Å². The Kier molecular flexibility index (Phi) is 3.32. The second kappa shape index (κ2) is 4.28. The molecule has 0 unspecified atom stereocenters. The first-order valence-electron chi connectivity index (χ1n) is 4.47. The molecule has 0 aliphatic carbocycles. The molecular formula is C11H16O2. The summed E-state index contributed by atoms with van der Waals surface area (Å²) >= 11 is 0. The van der Waals surface area contributed by atoms with Gasteiger partial charge in [0.1, 0.15) is 12.4 Å². The van der Waals surface area contributed by atoms with Crippen LogP contribution in [0.15, 0.2) is 18.2 Å². The normalized spacial score (nSPS) is 12.6. The van der Waals surface area contributed by atoms with Crippen LogP contribution in [0.25, 0.3) is 0 Å². The molecule has 1 aromatic carbocycles. The Morgan fingerprint density at radius 1 is 1.23 bits per heavy atom. The number of aliphatic hydroxyl groups is 1. The highest BCUT2D eigenvalue weighted by Gasteiger charge is 1.99. The van der Waals surface area contributed by atoms with E-state index < -0.39 is 6.10 Å². The van der Waals surface area contributed by atoms with Gasteiger partial charge in [0, 0.05) is 0 Å². The third-order valence-electron chi connectivity index (χ3n) is 1.69. The highest BCUT2D eigenvalue weighted by Crippen LogP contribution is 2.16. The zero-order chi connectivity index (χ0) is 9.84. The number of rotatable bonds is 3. The number of hydrogen-bond acceptors (Lipinski definition) is 2. The predicted octanol–water partition coefficient (Wildman–Crippen LogP) is 2.06. The van der Waals surface area contributed by atoms with E-state index in [4.69, 9.17) is 9.84 Å². The summed E-state index contributed by atoms with van der Waals surface area (Å²) in [6.07, 6.45) is -0.416. The van der Waals surface area contributed by atoms with Crippen LogP contribution in [0.5, 0.6) is 5.75 Å². The van der Waals surface area contributed by atoms with Gasteiger partial charge in [-0.05, 0) is 44.0 Å². The lowest BCUT2D eigenvalue weighted by Gasteiger charge is -2.09. The molecule has 0 amide bonds. The monoisotopic (exact) mass is 180 g/mol. The van der Waals surface area contributed by atoms with E-state index in [-0.39, 0.29) is 0 Å². The Bertz CT molecular complexity index is 259. The van der Waals surface area contributed by atoms with Crippen molar-refractivity contribution in [3.8, 4) is 5.75 Å². The fraction of sp³-hybridized carbons (Fsp3) is 0.455. The molecule has 2 heteroatoms. The molecule has 0 fully saturated rings. The summed E-state index contributed by atoms with van der Waals surface area (Å²) in [4.78, 5) is 0. The van der Waals surface area contributed by atoms with E-state index in [1.165, 1.54) is 11.1 Å². The quantitative estimate of drug-likeness (QED) is 0.771. The highest BCUT2D eigenvalue weighted by molar-refractivity contribution is 5.32. The van der Waals surface area contributed by atoms with Crippen molar-refractivity contribution < 1.29 is 9.84 Å². The second-order valence-electron chi connectivity index (χ2n) is 3.48. The van der Waals surface area contributed by atoms with Crippen molar-refractivity contribution in [1.29, 1.82) is 0 Å². The van der Waals surface area contributed by atoms with Crippen LogP contribution in [0, 0.1) is 13.8 Å². The topological polar surface area (TPSA) is 29.5 Å². The molecule has 0 saturated heterocycles. The molecule has 0 radical (unpaired) electrons. The SMILES string of the molecule is Cc1cc(C)cc(OC[C@H](C)O)c1. The molecule has 0 aromatic heterocycles. The minimum atomic E-state index is -0.416. The van der Waals surface area contributed by atoms with Crippen LogP contribution in [-0.4, -0.2) is 17.8 Å². The average molecular weight is 180 g/mol. The van der Waals surface area contributed by atoms with Crippen molar-refractivity contribution in [2.24, 2.45) is 0 Å². The van der Waals surface area contributed by atoms with Crippen LogP contribution in [0.3, 0.4) is 0 Å². The summed E-state index contributed by atoms with van der Waals surface area (Å²) in [6.45, 7) is 6.12. The Labute approximate surface area is 79.2 Å². The summed E-state index contributed by atoms with van der Waals surface area (Å²) < 4.78 is 5.38. The first kappa shape index (κ1) is 10.1. The van der Waals surface area contributed by atoms with E-state index >= 15 is 0 Å². The Morgan fingerprint density at radius 3 is 2.23 bits per heavy atom. The molecule has 0 saturated carbocycles. The maximum absolute atomic E-state index is 9.03. The lowest BCUT2D eigenvalue weighted by Crippen LogP contribution is -2.12. The van der Waals surface area contributed by atoms with Gasteiger partial charge < -0.3 is 9.84 Å². The third kappa shape index (κ3) is 3.47.